The Morgan fingerprint density at radius 1 is 1.14 bits per heavy atom. The van der Waals surface area contributed by atoms with Crippen LogP contribution in [0.15, 0.2) is 30.3 Å². The van der Waals surface area contributed by atoms with Crippen molar-refractivity contribution in [2.24, 2.45) is 5.92 Å². The van der Waals surface area contributed by atoms with Crippen molar-refractivity contribution in [2.45, 2.75) is 46.1 Å². The smallest absolute Gasteiger partial charge is 0.352 e. The molecule has 0 amide bonds. The Morgan fingerprint density at radius 3 is 2.38 bits per heavy atom. The van der Waals surface area contributed by atoms with Gasteiger partial charge >= 0.3 is 11.9 Å². The van der Waals surface area contributed by atoms with Crippen LogP contribution >= 0.6 is 0 Å². The fourth-order valence-electron chi connectivity index (χ4n) is 1.76. The number of hydrogen-bond donors (Lipinski definition) is 0. The number of carbonyl (C=O) groups is 2. The van der Waals surface area contributed by atoms with Crippen LogP contribution in [0.25, 0.3) is 0 Å². The lowest BCUT2D eigenvalue weighted by atomic mass is 10.1. The van der Waals surface area contributed by atoms with E-state index in [1.807, 2.05) is 26.8 Å². The van der Waals surface area contributed by atoms with Crippen molar-refractivity contribution in [3.63, 3.8) is 0 Å². The average molecular weight is 292 g/mol. The summed E-state index contributed by atoms with van der Waals surface area (Å²) in [5.41, 5.74) is 0.636. The third-order valence-electron chi connectivity index (χ3n) is 2.94. The van der Waals surface area contributed by atoms with Gasteiger partial charge in [0.1, 0.15) is 0 Å². The van der Waals surface area contributed by atoms with Crippen LogP contribution in [0.3, 0.4) is 0 Å². The molecule has 1 aromatic carbocycles. The molecule has 21 heavy (non-hydrogen) atoms. The van der Waals surface area contributed by atoms with Crippen LogP contribution < -0.4 is 0 Å². The van der Waals surface area contributed by atoms with Gasteiger partial charge in [-0.15, -0.1) is 0 Å². The number of carbonyl (C=O) groups excluding carboxylic acids is 2. The third kappa shape index (κ3) is 6.43. The van der Waals surface area contributed by atoms with Crippen molar-refractivity contribution < 1.29 is 19.1 Å². The third-order valence-corrected chi connectivity index (χ3v) is 2.94. The second-order valence-electron chi connectivity index (χ2n) is 5.38. The Balaban J connectivity index is 2.73. The molecular formula is C17H24O4. The molecule has 0 aliphatic rings. The van der Waals surface area contributed by atoms with Gasteiger partial charge in [-0.2, -0.15) is 0 Å². The van der Waals surface area contributed by atoms with Crippen molar-refractivity contribution >= 4 is 11.9 Å². The van der Waals surface area contributed by atoms with E-state index in [0.717, 1.165) is 12.8 Å². The molecular weight excluding hydrogens is 268 g/mol. The molecule has 1 aromatic rings. The number of benzene rings is 1. The molecule has 0 spiro atoms. The van der Waals surface area contributed by atoms with Crippen molar-refractivity contribution in [3.8, 4) is 0 Å². The van der Waals surface area contributed by atoms with Crippen molar-refractivity contribution in [2.75, 3.05) is 6.61 Å². The van der Waals surface area contributed by atoms with Crippen LogP contribution in [-0.2, 0) is 19.1 Å². The van der Waals surface area contributed by atoms with E-state index in [4.69, 9.17) is 9.47 Å². The largest absolute Gasteiger partial charge is 0.463 e. The molecule has 0 bridgehead atoms. The molecule has 1 rings (SSSR count). The molecule has 0 aliphatic carbocycles. The Bertz CT molecular complexity index is 439. The van der Waals surface area contributed by atoms with E-state index >= 15 is 0 Å². The zero-order chi connectivity index (χ0) is 15.7. The van der Waals surface area contributed by atoms with Gasteiger partial charge in [0.25, 0.3) is 0 Å². The van der Waals surface area contributed by atoms with Crippen molar-refractivity contribution in [3.05, 3.63) is 35.9 Å². The molecule has 0 aliphatic heterocycles. The first-order valence-electron chi connectivity index (χ1n) is 7.45. The molecule has 0 aromatic heterocycles. The molecule has 1 unspecified atom stereocenters. The lowest BCUT2D eigenvalue weighted by Crippen LogP contribution is -2.22. The second-order valence-corrected chi connectivity index (χ2v) is 5.38. The summed E-state index contributed by atoms with van der Waals surface area (Å²) in [6.45, 7) is 6.32. The first-order chi connectivity index (χ1) is 10.0. The van der Waals surface area contributed by atoms with Crippen LogP contribution in [0.2, 0.25) is 0 Å². The highest BCUT2D eigenvalue weighted by Gasteiger charge is 2.26. The number of esters is 2. The summed E-state index contributed by atoms with van der Waals surface area (Å²) in [5.74, 6) is -0.466. The maximum atomic E-state index is 12.1. The van der Waals surface area contributed by atoms with Crippen LogP contribution in [0.5, 0.6) is 0 Å². The standard InChI is InChI=1S/C17H24O4/c1-4-12-20-17(19)16(14-8-6-5-7-9-14)21-15(18)11-10-13(2)3/h5-9,13,16H,4,10-12H2,1-3H3. The van der Waals surface area contributed by atoms with Gasteiger partial charge in [-0.1, -0.05) is 51.1 Å². The van der Waals surface area contributed by atoms with Crippen LogP contribution in [0.1, 0.15) is 51.7 Å². The summed E-state index contributed by atoms with van der Waals surface area (Å²) in [5, 5.41) is 0. The number of rotatable bonds is 8. The summed E-state index contributed by atoms with van der Waals surface area (Å²) in [6.07, 6.45) is 0.804. The Morgan fingerprint density at radius 2 is 1.81 bits per heavy atom. The van der Waals surface area contributed by atoms with Gasteiger partial charge in [-0.3, -0.25) is 4.79 Å². The minimum Gasteiger partial charge on any atom is -0.463 e. The first kappa shape index (κ1) is 17.2. The highest BCUT2D eigenvalue weighted by molar-refractivity contribution is 5.80. The van der Waals surface area contributed by atoms with Crippen LogP contribution in [0, 0.1) is 5.92 Å². The van der Waals surface area contributed by atoms with E-state index in [2.05, 4.69) is 0 Å². The van der Waals surface area contributed by atoms with Gasteiger partial charge in [0.15, 0.2) is 0 Å². The fraction of sp³-hybridized carbons (Fsp3) is 0.529. The lowest BCUT2D eigenvalue weighted by molar-refractivity contribution is -0.168. The van der Waals surface area contributed by atoms with Gasteiger partial charge < -0.3 is 9.47 Å². The molecule has 0 radical (unpaired) electrons. The van der Waals surface area contributed by atoms with Crippen LogP contribution in [0.4, 0.5) is 0 Å². The predicted molar refractivity (Wildman–Crippen MR) is 80.6 cm³/mol. The average Bonchev–Trinajstić information content (AvgIpc) is 2.49. The van der Waals surface area contributed by atoms with E-state index in [0.29, 0.717) is 24.5 Å². The SMILES string of the molecule is CCCOC(=O)C(OC(=O)CCC(C)C)c1ccccc1. The lowest BCUT2D eigenvalue weighted by Gasteiger charge is -2.17. The highest BCUT2D eigenvalue weighted by Crippen LogP contribution is 2.20. The summed E-state index contributed by atoms with van der Waals surface area (Å²) in [4.78, 5) is 24.0. The summed E-state index contributed by atoms with van der Waals surface area (Å²) >= 11 is 0. The quantitative estimate of drug-likeness (QED) is 0.686. The molecule has 1 atom stereocenters. The van der Waals surface area contributed by atoms with Gasteiger partial charge in [-0.05, 0) is 18.8 Å². The van der Waals surface area contributed by atoms with Crippen molar-refractivity contribution in [1.29, 1.82) is 0 Å². The second kappa shape index (κ2) is 9.16. The minimum atomic E-state index is -0.975. The molecule has 4 nitrogen and oxygen atoms in total. The highest BCUT2D eigenvalue weighted by atomic mass is 16.6. The summed E-state index contributed by atoms with van der Waals surface area (Å²) in [6, 6.07) is 8.97. The van der Waals surface area contributed by atoms with E-state index in [-0.39, 0.29) is 5.97 Å². The molecule has 0 saturated carbocycles. The normalized spacial score (nSPS) is 12.0. The summed E-state index contributed by atoms with van der Waals surface area (Å²) in [7, 11) is 0. The van der Waals surface area contributed by atoms with Crippen molar-refractivity contribution in [1.82, 2.24) is 0 Å². The zero-order valence-corrected chi connectivity index (χ0v) is 13.0. The maximum Gasteiger partial charge on any atom is 0.352 e. The maximum absolute atomic E-state index is 12.1. The van der Waals surface area contributed by atoms with E-state index in [1.54, 1.807) is 24.3 Å². The van der Waals surface area contributed by atoms with E-state index in [1.165, 1.54) is 0 Å². The van der Waals surface area contributed by atoms with E-state index < -0.39 is 12.1 Å². The van der Waals surface area contributed by atoms with Gasteiger partial charge in [0, 0.05) is 12.0 Å². The zero-order valence-electron chi connectivity index (χ0n) is 13.0. The molecule has 0 saturated heterocycles. The molecule has 0 fully saturated rings. The number of ether oxygens (including phenoxy) is 2. The summed E-state index contributed by atoms with van der Waals surface area (Å²) < 4.78 is 10.5. The Labute approximate surface area is 126 Å². The topological polar surface area (TPSA) is 52.6 Å². The van der Waals surface area contributed by atoms with E-state index in [9.17, 15) is 9.59 Å². The van der Waals surface area contributed by atoms with Crippen LogP contribution in [-0.4, -0.2) is 18.5 Å². The van der Waals surface area contributed by atoms with Gasteiger partial charge in [-0.25, -0.2) is 4.79 Å². The minimum absolute atomic E-state index is 0.308. The monoisotopic (exact) mass is 292 g/mol. The molecule has 116 valence electrons. The van der Waals surface area contributed by atoms with Gasteiger partial charge in [0.2, 0.25) is 6.10 Å². The molecule has 0 heterocycles. The Hall–Kier alpha value is -1.84. The predicted octanol–water partition coefficient (Wildman–Crippen LogP) is 3.66. The molecule has 4 heteroatoms. The Kier molecular flexibility index (Phi) is 7.51. The first-order valence-corrected chi connectivity index (χ1v) is 7.45. The van der Waals surface area contributed by atoms with Gasteiger partial charge in [0.05, 0.1) is 6.61 Å². The number of hydrogen-bond acceptors (Lipinski definition) is 4. The fourth-order valence-corrected chi connectivity index (χ4v) is 1.76. The molecule has 0 N–H and O–H groups in total.